The Bertz CT molecular complexity index is 526. The van der Waals surface area contributed by atoms with E-state index in [9.17, 15) is 13.2 Å². The summed E-state index contributed by atoms with van der Waals surface area (Å²) >= 11 is 0. The molecule has 100 valence electrons. The smallest absolute Gasteiger partial charge is 0.354 e. The fraction of sp³-hybridized carbons (Fsp3) is 0.231. The Kier molecular flexibility index (Phi) is 3.99. The van der Waals surface area contributed by atoms with Gasteiger partial charge in [0.25, 0.3) is 0 Å². The largest absolute Gasteiger partial charge is 0.433 e. The van der Waals surface area contributed by atoms with Crippen LogP contribution in [0.1, 0.15) is 11.3 Å². The molecule has 0 amide bonds. The van der Waals surface area contributed by atoms with Gasteiger partial charge in [-0.1, -0.05) is 30.3 Å². The summed E-state index contributed by atoms with van der Waals surface area (Å²) in [5.74, 6) is -0.00856. The normalized spacial score (nSPS) is 11.3. The van der Waals surface area contributed by atoms with E-state index in [2.05, 4.69) is 15.3 Å². The van der Waals surface area contributed by atoms with Gasteiger partial charge in [-0.25, -0.2) is 9.97 Å². The molecule has 0 aliphatic heterocycles. The molecule has 1 N–H and O–H groups in total. The van der Waals surface area contributed by atoms with E-state index in [1.807, 2.05) is 30.3 Å². The molecule has 19 heavy (non-hydrogen) atoms. The topological polar surface area (TPSA) is 37.8 Å². The lowest BCUT2D eigenvalue weighted by molar-refractivity contribution is -0.141. The van der Waals surface area contributed by atoms with Crippen LogP contribution in [0.2, 0.25) is 0 Å². The lowest BCUT2D eigenvalue weighted by Gasteiger charge is -2.08. The number of hydrogen-bond donors (Lipinski definition) is 1. The van der Waals surface area contributed by atoms with Gasteiger partial charge >= 0.3 is 6.18 Å². The van der Waals surface area contributed by atoms with E-state index in [0.717, 1.165) is 17.8 Å². The second kappa shape index (κ2) is 5.69. The van der Waals surface area contributed by atoms with Crippen molar-refractivity contribution in [2.75, 3.05) is 11.9 Å². The summed E-state index contributed by atoms with van der Waals surface area (Å²) in [5, 5.41) is 2.78. The van der Waals surface area contributed by atoms with Crippen molar-refractivity contribution in [1.29, 1.82) is 0 Å². The van der Waals surface area contributed by atoms with Crippen molar-refractivity contribution in [2.24, 2.45) is 0 Å². The lowest BCUT2D eigenvalue weighted by atomic mass is 10.1. The van der Waals surface area contributed by atoms with Crippen LogP contribution >= 0.6 is 0 Å². The molecular weight excluding hydrogens is 255 g/mol. The fourth-order valence-electron chi connectivity index (χ4n) is 1.57. The van der Waals surface area contributed by atoms with Crippen LogP contribution in [0.25, 0.3) is 0 Å². The van der Waals surface area contributed by atoms with Crippen LogP contribution in [0.15, 0.2) is 42.6 Å². The predicted molar refractivity (Wildman–Crippen MR) is 65.7 cm³/mol. The first-order chi connectivity index (χ1) is 9.05. The highest BCUT2D eigenvalue weighted by atomic mass is 19.4. The molecule has 0 spiro atoms. The number of aromatic nitrogens is 2. The summed E-state index contributed by atoms with van der Waals surface area (Å²) in [7, 11) is 0. The number of hydrogen-bond acceptors (Lipinski definition) is 3. The van der Waals surface area contributed by atoms with Crippen molar-refractivity contribution in [2.45, 2.75) is 12.6 Å². The first kappa shape index (κ1) is 13.3. The summed E-state index contributed by atoms with van der Waals surface area (Å²) in [6, 6.07) is 10.5. The quantitative estimate of drug-likeness (QED) is 0.924. The second-order valence-electron chi connectivity index (χ2n) is 3.93. The van der Waals surface area contributed by atoms with Gasteiger partial charge in [0.05, 0.1) is 0 Å². The summed E-state index contributed by atoms with van der Waals surface area (Å²) < 4.78 is 37.3. The minimum absolute atomic E-state index is 0.00856. The van der Waals surface area contributed by atoms with Crippen molar-refractivity contribution in [1.82, 2.24) is 9.97 Å². The Hall–Kier alpha value is -2.11. The zero-order valence-electron chi connectivity index (χ0n) is 9.98. The van der Waals surface area contributed by atoms with E-state index < -0.39 is 11.9 Å². The Morgan fingerprint density at radius 3 is 2.47 bits per heavy atom. The number of benzene rings is 1. The van der Waals surface area contributed by atoms with Gasteiger partial charge in [0.2, 0.25) is 5.95 Å². The molecule has 0 saturated heterocycles. The molecule has 0 saturated carbocycles. The van der Waals surface area contributed by atoms with Crippen molar-refractivity contribution in [3.8, 4) is 0 Å². The van der Waals surface area contributed by atoms with Gasteiger partial charge in [-0.3, -0.25) is 0 Å². The monoisotopic (exact) mass is 267 g/mol. The van der Waals surface area contributed by atoms with E-state index in [0.29, 0.717) is 13.0 Å². The summed E-state index contributed by atoms with van der Waals surface area (Å²) in [5.41, 5.74) is 0.159. The minimum Gasteiger partial charge on any atom is -0.354 e. The molecule has 0 unspecified atom stereocenters. The number of rotatable bonds is 4. The van der Waals surface area contributed by atoms with E-state index >= 15 is 0 Å². The fourth-order valence-corrected chi connectivity index (χ4v) is 1.57. The molecule has 3 nitrogen and oxygen atoms in total. The Morgan fingerprint density at radius 2 is 1.79 bits per heavy atom. The van der Waals surface area contributed by atoms with Crippen molar-refractivity contribution >= 4 is 5.95 Å². The van der Waals surface area contributed by atoms with Crippen molar-refractivity contribution in [3.63, 3.8) is 0 Å². The van der Waals surface area contributed by atoms with Gasteiger partial charge in [0.1, 0.15) is 5.69 Å². The zero-order valence-corrected chi connectivity index (χ0v) is 9.98. The molecule has 1 aromatic heterocycles. The third kappa shape index (κ3) is 3.94. The third-order valence-corrected chi connectivity index (χ3v) is 2.49. The predicted octanol–water partition coefficient (Wildman–Crippen LogP) is 3.15. The van der Waals surface area contributed by atoms with Crippen LogP contribution in [-0.4, -0.2) is 16.5 Å². The summed E-state index contributed by atoms with van der Waals surface area (Å²) in [6.45, 7) is 0.478. The van der Waals surface area contributed by atoms with Gasteiger partial charge < -0.3 is 5.32 Å². The number of anilines is 1. The number of nitrogens with one attached hydrogen (secondary N) is 1. The highest BCUT2D eigenvalue weighted by molar-refractivity contribution is 5.27. The highest BCUT2D eigenvalue weighted by Crippen LogP contribution is 2.27. The second-order valence-corrected chi connectivity index (χ2v) is 3.93. The van der Waals surface area contributed by atoms with Gasteiger partial charge in [0, 0.05) is 12.7 Å². The molecule has 0 aliphatic rings. The van der Waals surface area contributed by atoms with Crippen LogP contribution in [0, 0.1) is 0 Å². The first-order valence-electron chi connectivity index (χ1n) is 5.74. The Balaban J connectivity index is 1.93. The van der Waals surface area contributed by atoms with Gasteiger partial charge in [0.15, 0.2) is 0 Å². The molecular formula is C13H12F3N3. The highest BCUT2D eigenvalue weighted by Gasteiger charge is 2.32. The van der Waals surface area contributed by atoms with Crippen LogP contribution in [0.4, 0.5) is 19.1 Å². The van der Waals surface area contributed by atoms with Gasteiger partial charge in [-0.15, -0.1) is 0 Å². The number of nitrogens with zero attached hydrogens (tertiary/aromatic N) is 2. The molecule has 0 fully saturated rings. The Morgan fingerprint density at radius 1 is 1.05 bits per heavy atom. The molecule has 2 rings (SSSR count). The summed E-state index contributed by atoms with van der Waals surface area (Å²) in [4.78, 5) is 7.19. The lowest BCUT2D eigenvalue weighted by Crippen LogP contribution is -2.13. The van der Waals surface area contributed by atoms with Crippen LogP contribution in [0.5, 0.6) is 0 Å². The molecule has 0 bridgehead atoms. The van der Waals surface area contributed by atoms with Gasteiger partial charge in [-0.05, 0) is 18.1 Å². The Labute approximate surface area is 108 Å². The van der Waals surface area contributed by atoms with Gasteiger partial charge in [-0.2, -0.15) is 13.2 Å². The number of halogens is 3. The average molecular weight is 267 g/mol. The van der Waals surface area contributed by atoms with Crippen LogP contribution in [-0.2, 0) is 12.6 Å². The van der Waals surface area contributed by atoms with Crippen LogP contribution in [0.3, 0.4) is 0 Å². The number of alkyl halides is 3. The van der Waals surface area contributed by atoms with Crippen LogP contribution < -0.4 is 5.32 Å². The van der Waals surface area contributed by atoms with Crippen molar-refractivity contribution in [3.05, 3.63) is 53.9 Å². The molecule has 1 aromatic carbocycles. The molecule has 0 radical (unpaired) electrons. The maximum atomic E-state index is 12.4. The SMILES string of the molecule is FC(F)(F)c1ccnc(NCCc2ccccc2)n1. The standard InChI is InChI=1S/C13H12F3N3/c14-13(15,16)11-7-9-18-12(19-11)17-8-6-10-4-2-1-3-5-10/h1-5,7,9H,6,8H2,(H,17,18,19). The molecule has 0 atom stereocenters. The minimum atomic E-state index is -4.45. The maximum absolute atomic E-state index is 12.4. The summed E-state index contributed by atoms with van der Waals surface area (Å²) in [6.07, 6.45) is -2.65. The molecule has 0 aliphatic carbocycles. The third-order valence-electron chi connectivity index (χ3n) is 2.49. The zero-order chi connectivity index (χ0) is 13.7. The molecule has 6 heteroatoms. The average Bonchev–Trinajstić information content (AvgIpc) is 2.39. The molecule has 2 aromatic rings. The maximum Gasteiger partial charge on any atom is 0.433 e. The van der Waals surface area contributed by atoms with E-state index in [1.54, 1.807) is 0 Å². The van der Waals surface area contributed by atoms with E-state index in [-0.39, 0.29) is 5.95 Å². The van der Waals surface area contributed by atoms with E-state index in [4.69, 9.17) is 0 Å². The van der Waals surface area contributed by atoms with Crippen molar-refractivity contribution < 1.29 is 13.2 Å². The molecule has 1 heterocycles. The van der Waals surface area contributed by atoms with E-state index in [1.165, 1.54) is 0 Å². The first-order valence-corrected chi connectivity index (χ1v) is 5.74.